The predicted octanol–water partition coefficient (Wildman–Crippen LogP) is 2.57. The summed E-state index contributed by atoms with van der Waals surface area (Å²) in [7, 11) is 0. The Balaban J connectivity index is 2.17. The lowest BCUT2D eigenvalue weighted by Crippen LogP contribution is -2.28. The van der Waals surface area contributed by atoms with Crippen molar-refractivity contribution in [3.63, 3.8) is 0 Å². The van der Waals surface area contributed by atoms with E-state index < -0.39 is 6.09 Å². The number of unbranched alkanes of at least 4 members (excludes halogenated alkanes) is 1. The quantitative estimate of drug-likeness (QED) is 0.594. The minimum Gasteiger partial charge on any atom is -0.448 e. The van der Waals surface area contributed by atoms with Crippen LogP contribution in [0.5, 0.6) is 0 Å². The first-order valence-corrected chi connectivity index (χ1v) is 8.37. The molecule has 0 aliphatic rings. The summed E-state index contributed by atoms with van der Waals surface area (Å²) in [5.41, 5.74) is 1.66. The lowest BCUT2D eigenvalue weighted by atomic mass is 10.3. The number of nitrogens with zero attached hydrogens (tertiary/aromatic N) is 2. The summed E-state index contributed by atoms with van der Waals surface area (Å²) in [6.07, 6.45) is 1.26. The number of nitrogens with one attached hydrogen (secondary N) is 1. The van der Waals surface area contributed by atoms with Crippen LogP contribution in [0.2, 0.25) is 0 Å². The number of ether oxygens (including phenoxy) is 1. The van der Waals surface area contributed by atoms with Crippen LogP contribution in [0.25, 0.3) is 11.0 Å². The maximum absolute atomic E-state index is 12.6. The molecule has 0 atom stereocenters. The number of hydrogen-bond donors (Lipinski definition) is 1. The fourth-order valence-electron chi connectivity index (χ4n) is 2.49. The molecule has 1 N–H and O–H groups in total. The number of imidazole rings is 1. The number of halogens is 1. The summed E-state index contributed by atoms with van der Waals surface area (Å²) in [5.74, 6) is 0.591. The summed E-state index contributed by atoms with van der Waals surface area (Å²) >= 11 is 5.71. The Morgan fingerprint density at radius 3 is 2.43 bits per heavy atom. The highest BCUT2D eigenvalue weighted by Gasteiger charge is 2.12. The molecule has 2 rings (SSSR count). The van der Waals surface area contributed by atoms with E-state index in [4.69, 9.17) is 16.3 Å². The molecule has 1 heterocycles. The van der Waals surface area contributed by atoms with Crippen molar-refractivity contribution in [1.29, 1.82) is 0 Å². The van der Waals surface area contributed by atoms with E-state index in [2.05, 4.69) is 5.32 Å². The van der Waals surface area contributed by atoms with Crippen LogP contribution < -0.4 is 11.0 Å². The highest BCUT2D eigenvalue weighted by molar-refractivity contribution is 6.17. The molecule has 0 aliphatic heterocycles. The third-order valence-corrected chi connectivity index (χ3v) is 3.83. The monoisotopic (exact) mass is 339 g/mol. The van der Waals surface area contributed by atoms with Gasteiger partial charge in [-0.25, -0.2) is 9.59 Å². The van der Waals surface area contributed by atoms with E-state index in [0.717, 1.165) is 23.9 Å². The zero-order valence-electron chi connectivity index (χ0n) is 13.3. The molecule has 7 heteroatoms. The molecule has 0 saturated carbocycles. The molecule has 0 unspecified atom stereocenters. The minimum atomic E-state index is -0.466. The second kappa shape index (κ2) is 8.62. The molecule has 0 fully saturated rings. The second-order valence-electron chi connectivity index (χ2n) is 5.14. The van der Waals surface area contributed by atoms with Crippen molar-refractivity contribution >= 4 is 28.7 Å². The molecule has 1 amide bonds. The first-order valence-electron chi connectivity index (χ1n) is 7.83. The lowest BCUT2D eigenvalue weighted by Gasteiger charge is -2.06. The molecule has 0 saturated heterocycles. The highest BCUT2D eigenvalue weighted by Crippen LogP contribution is 2.13. The third-order valence-electron chi connectivity index (χ3n) is 3.56. The zero-order valence-corrected chi connectivity index (χ0v) is 14.0. The average Bonchev–Trinajstić information content (AvgIpc) is 2.81. The molecule has 6 nitrogen and oxygen atoms in total. The Kier molecular flexibility index (Phi) is 6.52. The summed E-state index contributed by atoms with van der Waals surface area (Å²) in [4.78, 5) is 23.9. The second-order valence-corrected chi connectivity index (χ2v) is 5.51. The van der Waals surface area contributed by atoms with Crippen molar-refractivity contribution in [3.8, 4) is 0 Å². The van der Waals surface area contributed by atoms with Gasteiger partial charge in [0.25, 0.3) is 0 Å². The van der Waals surface area contributed by atoms with Crippen molar-refractivity contribution in [2.75, 3.05) is 19.0 Å². The number of fused-ring (bicyclic) bond motifs is 1. The van der Waals surface area contributed by atoms with Gasteiger partial charge in [-0.3, -0.25) is 9.13 Å². The van der Waals surface area contributed by atoms with Crippen LogP contribution in [0.1, 0.15) is 19.8 Å². The van der Waals surface area contributed by atoms with Crippen LogP contribution >= 0.6 is 11.6 Å². The Morgan fingerprint density at radius 2 is 1.83 bits per heavy atom. The fraction of sp³-hybridized carbons (Fsp3) is 0.500. The molecule has 0 radical (unpaired) electrons. The maximum Gasteiger partial charge on any atom is 0.407 e. The summed E-state index contributed by atoms with van der Waals surface area (Å²) in [6.45, 7) is 3.45. The van der Waals surface area contributed by atoms with Gasteiger partial charge >= 0.3 is 11.8 Å². The van der Waals surface area contributed by atoms with Crippen LogP contribution in [0, 0.1) is 0 Å². The van der Waals surface area contributed by atoms with Gasteiger partial charge in [-0.05, 0) is 31.9 Å². The van der Waals surface area contributed by atoms with Gasteiger partial charge in [-0.1, -0.05) is 12.1 Å². The number of amides is 1. The van der Waals surface area contributed by atoms with Crippen LogP contribution in [0.15, 0.2) is 29.1 Å². The SMILES string of the molecule is CCNC(=O)OCCn1c(=O)n(CCCCCl)c2ccccc21. The molecule has 0 bridgehead atoms. The van der Waals surface area contributed by atoms with Gasteiger partial charge in [0.15, 0.2) is 0 Å². The Bertz CT molecular complexity index is 708. The van der Waals surface area contributed by atoms with Gasteiger partial charge in [-0.15, -0.1) is 11.6 Å². The van der Waals surface area contributed by atoms with Gasteiger partial charge in [0.1, 0.15) is 6.61 Å². The van der Waals surface area contributed by atoms with Crippen molar-refractivity contribution in [2.24, 2.45) is 0 Å². The number of rotatable bonds is 8. The van der Waals surface area contributed by atoms with Gasteiger partial charge in [0.05, 0.1) is 17.6 Å². The molecule has 23 heavy (non-hydrogen) atoms. The molecule has 0 aliphatic carbocycles. The number of aromatic nitrogens is 2. The smallest absolute Gasteiger partial charge is 0.407 e. The number of carbonyl (C=O) groups excluding carboxylic acids is 1. The van der Waals surface area contributed by atoms with E-state index >= 15 is 0 Å². The van der Waals surface area contributed by atoms with Crippen LogP contribution in [0.4, 0.5) is 4.79 Å². The van der Waals surface area contributed by atoms with E-state index in [1.54, 1.807) is 9.13 Å². The number of carbonyl (C=O) groups is 1. The molecule has 1 aromatic heterocycles. The summed E-state index contributed by atoms with van der Waals surface area (Å²) < 4.78 is 8.47. The lowest BCUT2D eigenvalue weighted by molar-refractivity contribution is 0.142. The molecular formula is C16H22ClN3O3. The Morgan fingerprint density at radius 1 is 1.17 bits per heavy atom. The van der Waals surface area contributed by atoms with Crippen molar-refractivity contribution in [2.45, 2.75) is 32.9 Å². The van der Waals surface area contributed by atoms with E-state index in [9.17, 15) is 9.59 Å². The normalized spacial score (nSPS) is 10.9. The van der Waals surface area contributed by atoms with Gasteiger partial charge in [0, 0.05) is 19.0 Å². The number of para-hydroxylation sites is 2. The molecule has 1 aromatic carbocycles. The van der Waals surface area contributed by atoms with Gasteiger partial charge in [0.2, 0.25) is 0 Å². The third kappa shape index (κ3) is 4.28. The largest absolute Gasteiger partial charge is 0.448 e. The van der Waals surface area contributed by atoms with Gasteiger partial charge < -0.3 is 10.1 Å². The fourth-order valence-corrected chi connectivity index (χ4v) is 2.68. The minimum absolute atomic E-state index is 0.0831. The molecule has 2 aromatic rings. The highest BCUT2D eigenvalue weighted by atomic mass is 35.5. The van der Waals surface area contributed by atoms with E-state index in [-0.39, 0.29) is 12.3 Å². The Labute approximate surface area is 140 Å². The summed E-state index contributed by atoms with van der Waals surface area (Å²) in [6, 6.07) is 7.64. The van der Waals surface area contributed by atoms with Crippen molar-refractivity contribution < 1.29 is 9.53 Å². The van der Waals surface area contributed by atoms with Crippen molar-refractivity contribution in [1.82, 2.24) is 14.5 Å². The van der Waals surface area contributed by atoms with Crippen LogP contribution in [-0.4, -0.2) is 34.3 Å². The van der Waals surface area contributed by atoms with Crippen LogP contribution in [0.3, 0.4) is 0 Å². The molecule has 0 spiro atoms. The average molecular weight is 340 g/mol. The van der Waals surface area contributed by atoms with E-state index in [1.807, 2.05) is 31.2 Å². The zero-order chi connectivity index (χ0) is 16.7. The standard InChI is InChI=1S/C16H22ClN3O3/c1-2-18-15(21)23-12-11-20-14-8-4-3-7-13(14)19(16(20)22)10-6-5-9-17/h3-4,7-8H,2,5-6,9-12H2,1H3,(H,18,21). The predicted molar refractivity (Wildman–Crippen MR) is 91.2 cm³/mol. The Hall–Kier alpha value is -1.95. The molecule has 126 valence electrons. The number of hydrogen-bond acceptors (Lipinski definition) is 3. The number of benzene rings is 1. The summed E-state index contributed by atoms with van der Waals surface area (Å²) in [5, 5.41) is 2.56. The van der Waals surface area contributed by atoms with E-state index in [0.29, 0.717) is 25.5 Å². The number of alkyl halides is 1. The first kappa shape index (κ1) is 17.4. The first-order chi connectivity index (χ1) is 11.2. The van der Waals surface area contributed by atoms with E-state index in [1.165, 1.54) is 0 Å². The van der Waals surface area contributed by atoms with Crippen LogP contribution in [-0.2, 0) is 17.8 Å². The number of alkyl carbamates (subject to hydrolysis) is 1. The van der Waals surface area contributed by atoms with Crippen molar-refractivity contribution in [3.05, 3.63) is 34.7 Å². The van der Waals surface area contributed by atoms with Gasteiger partial charge in [-0.2, -0.15) is 0 Å². The maximum atomic E-state index is 12.6. The topological polar surface area (TPSA) is 65.3 Å². The molecular weight excluding hydrogens is 318 g/mol. The number of aryl methyl sites for hydroxylation is 1.